The number of alkyl carbamates (subject to hydrolysis) is 1. The maximum Gasteiger partial charge on any atom is 0.407 e. The molecule has 0 bridgehead atoms. The van der Waals surface area contributed by atoms with Crippen LogP contribution in [0.4, 0.5) is 4.79 Å². The molecule has 4 N–H and O–H groups in total. The Morgan fingerprint density at radius 3 is 1.80 bits per heavy atom. The van der Waals surface area contributed by atoms with Crippen LogP contribution in [0, 0.1) is 5.92 Å². The summed E-state index contributed by atoms with van der Waals surface area (Å²) in [6.07, 6.45) is -0.791. The van der Waals surface area contributed by atoms with Gasteiger partial charge in [0, 0.05) is 12.8 Å². The molecule has 5 atom stereocenters. The summed E-state index contributed by atoms with van der Waals surface area (Å²) in [6.45, 7) is 3.18. The molecule has 4 aromatic rings. The minimum absolute atomic E-state index is 0.0104. The first-order valence-electron chi connectivity index (χ1n) is 18.4. The molecule has 55 heavy (non-hydrogen) atoms. The van der Waals surface area contributed by atoms with Gasteiger partial charge in [0.1, 0.15) is 25.0 Å². The van der Waals surface area contributed by atoms with Crippen molar-refractivity contribution in [3.63, 3.8) is 0 Å². The van der Waals surface area contributed by atoms with Crippen LogP contribution in [0.15, 0.2) is 121 Å². The molecule has 0 saturated heterocycles. The summed E-state index contributed by atoms with van der Waals surface area (Å²) in [7, 11) is -4.85. The Hall–Kier alpha value is -5.29. The van der Waals surface area contributed by atoms with E-state index in [4.69, 9.17) is 14.0 Å². The molecule has 3 amide bonds. The minimum Gasteiger partial charge on any atom is -0.464 e. The van der Waals surface area contributed by atoms with Crippen molar-refractivity contribution >= 4 is 31.5 Å². The van der Waals surface area contributed by atoms with Crippen molar-refractivity contribution in [3.8, 4) is 0 Å². The zero-order chi connectivity index (χ0) is 39.5. The highest BCUT2D eigenvalue weighted by molar-refractivity contribution is 7.53. The molecule has 0 saturated carbocycles. The number of benzene rings is 4. The largest absolute Gasteiger partial charge is 0.464 e. The molecule has 4 rings (SSSR count). The predicted molar refractivity (Wildman–Crippen MR) is 209 cm³/mol. The van der Waals surface area contributed by atoms with E-state index in [1.165, 1.54) is 0 Å². The fourth-order valence-electron chi connectivity index (χ4n) is 5.63. The van der Waals surface area contributed by atoms with Crippen molar-refractivity contribution in [1.82, 2.24) is 16.0 Å². The van der Waals surface area contributed by atoms with Crippen LogP contribution in [-0.4, -0.2) is 59.9 Å². The molecule has 0 aromatic heterocycles. The number of ether oxygens (including phenoxy) is 2. The first kappa shape index (κ1) is 42.5. The van der Waals surface area contributed by atoms with Crippen LogP contribution in [0.5, 0.6) is 0 Å². The van der Waals surface area contributed by atoms with Gasteiger partial charge < -0.3 is 30.3 Å². The fraction of sp³-hybridized carbons (Fsp3) is 0.333. The van der Waals surface area contributed by atoms with Gasteiger partial charge in [0.05, 0.1) is 6.61 Å². The number of carbonyl (C=O) groups excluding carboxylic acids is 4. The van der Waals surface area contributed by atoms with E-state index >= 15 is 0 Å². The lowest BCUT2D eigenvalue weighted by atomic mass is 9.98. The molecule has 0 radical (unpaired) electrons. The molecule has 13 heteroatoms. The number of hydrogen-bond donors (Lipinski definition) is 4. The van der Waals surface area contributed by atoms with Crippen molar-refractivity contribution in [2.45, 2.75) is 70.5 Å². The zero-order valence-electron chi connectivity index (χ0n) is 31.2. The van der Waals surface area contributed by atoms with Crippen LogP contribution in [-0.2, 0) is 58.8 Å². The molecule has 0 aliphatic carbocycles. The summed E-state index contributed by atoms with van der Waals surface area (Å²) in [5, 5.41) is 7.67. The summed E-state index contributed by atoms with van der Waals surface area (Å²) in [6, 6.07) is 35.3. The standard InChI is InChI=1S/C42H50N3O9P/c1-3-31(2)39(44-37(46)29-43-42(49)53-30-35-23-14-7-15-24-35)40(47)45-38(28-34-21-12-6-13-22-34)55(50,51)54-36(27-33-19-10-5-11-20-33)41(48)52-26-16-25-32-17-8-4-9-18-32/h4-15,17-24,31,36,38-39H,3,16,25-30H2,1-2H3,(H,43,49)(H,44,46)(H,45,47)(H,50,51)/t31?,36-,38+,39-/m0/s1. The molecule has 0 fully saturated rings. The van der Waals surface area contributed by atoms with E-state index in [9.17, 15) is 28.6 Å². The number of carbonyl (C=O) groups is 4. The molecule has 0 aliphatic rings. The number of hydrogen-bond acceptors (Lipinski definition) is 8. The lowest BCUT2D eigenvalue weighted by Crippen LogP contribution is -2.54. The molecular weight excluding hydrogens is 721 g/mol. The fourth-order valence-corrected chi connectivity index (χ4v) is 7.03. The van der Waals surface area contributed by atoms with E-state index in [0.29, 0.717) is 30.4 Å². The van der Waals surface area contributed by atoms with E-state index in [1.807, 2.05) is 61.5 Å². The van der Waals surface area contributed by atoms with Crippen molar-refractivity contribution in [1.29, 1.82) is 0 Å². The Labute approximate surface area is 322 Å². The summed E-state index contributed by atoms with van der Waals surface area (Å²) in [5.41, 5.74) is 3.15. The van der Waals surface area contributed by atoms with Crippen LogP contribution in [0.2, 0.25) is 0 Å². The van der Waals surface area contributed by atoms with Crippen LogP contribution in [0.3, 0.4) is 0 Å². The quantitative estimate of drug-likeness (QED) is 0.0443. The highest BCUT2D eigenvalue weighted by Gasteiger charge is 2.41. The smallest absolute Gasteiger partial charge is 0.407 e. The van der Waals surface area contributed by atoms with E-state index in [0.717, 1.165) is 11.1 Å². The third-order valence-electron chi connectivity index (χ3n) is 8.89. The second kappa shape index (κ2) is 22.2. The lowest BCUT2D eigenvalue weighted by molar-refractivity contribution is -0.152. The molecule has 0 spiro atoms. The van der Waals surface area contributed by atoms with Gasteiger partial charge in [-0.25, -0.2) is 9.59 Å². The molecule has 2 unspecified atom stereocenters. The Morgan fingerprint density at radius 2 is 1.24 bits per heavy atom. The van der Waals surface area contributed by atoms with Gasteiger partial charge in [-0.1, -0.05) is 142 Å². The van der Waals surface area contributed by atoms with Crippen LogP contribution >= 0.6 is 7.60 Å². The highest BCUT2D eigenvalue weighted by atomic mass is 31.2. The van der Waals surface area contributed by atoms with E-state index in [-0.39, 0.29) is 26.1 Å². The van der Waals surface area contributed by atoms with Gasteiger partial charge in [0.2, 0.25) is 11.8 Å². The lowest BCUT2D eigenvalue weighted by Gasteiger charge is -2.30. The number of amides is 3. The Kier molecular flexibility index (Phi) is 17.1. The molecule has 292 valence electrons. The first-order valence-corrected chi connectivity index (χ1v) is 20.0. The number of nitrogens with one attached hydrogen (secondary N) is 3. The van der Waals surface area contributed by atoms with Gasteiger partial charge in [0.15, 0.2) is 6.10 Å². The number of esters is 1. The molecular formula is C42H50N3O9P. The van der Waals surface area contributed by atoms with Crippen molar-refractivity contribution in [2.75, 3.05) is 13.2 Å². The molecule has 4 aromatic carbocycles. The van der Waals surface area contributed by atoms with Gasteiger partial charge in [-0.05, 0) is 41.0 Å². The van der Waals surface area contributed by atoms with Gasteiger partial charge in [-0.15, -0.1) is 0 Å². The molecule has 12 nitrogen and oxygen atoms in total. The SMILES string of the molecule is CCC(C)[C@H](NC(=O)CNC(=O)OCc1ccccc1)C(=O)N[C@@H](Cc1ccccc1)P(=O)(O)O[C@@H](Cc1ccccc1)C(=O)OCCCc1ccccc1. The average Bonchev–Trinajstić information content (AvgIpc) is 3.20. The average molecular weight is 772 g/mol. The van der Waals surface area contributed by atoms with Gasteiger partial charge in [0.25, 0.3) is 0 Å². The van der Waals surface area contributed by atoms with Gasteiger partial charge in [-0.3, -0.25) is 18.7 Å². The van der Waals surface area contributed by atoms with Gasteiger partial charge >= 0.3 is 19.7 Å². The summed E-state index contributed by atoms with van der Waals surface area (Å²) >= 11 is 0. The normalized spacial score (nSPS) is 14.2. The van der Waals surface area contributed by atoms with E-state index < -0.39 is 61.9 Å². The Bertz CT molecular complexity index is 1830. The Morgan fingerprint density at radius 1 is 0.709 bits per heavy atom. The highest BCUT2D eigenvalue weighted by Crippen LogP contribution is 2.49. The first-order chi connectivity index (χ1) is 26.5. The van der Waals surface area contributed by atoms with Crippen molar-refractivity contribution < 1.29 is 42.6 Å². The van der Waals surface area contributed by atoms with Crippen molar-refractivity contribution in [3.05, 3.63) is 144 Å². The van der Waals surface area contributed by atoms with Crippen LogP contribution in [0.1, 0.15) is 48.9 Å². The van der Waals surface area contributed by atoms with Crippen LogP contribution < -0.4 is 16.0 Å². The number of rotatable bonds is 21. The second-order valence-electron chi connectivity index (χ2n) is 13.2. The molecule has 0 heterocycles. The minimum atomic E-state index is -4.85. The predicted octanol–water partition coefficient (Wildman–Crippen LogP) is 6.12. The third kappa shape index (κ3) is 14.8. The maximum atomic E-state index is 14.3. The zero-order valence-corrected chi connectivity index (χ0v) is 32.1. The van der Waals surface area contributed by atoms with Gasteiger partial charge in [-0.2, -0.15) is 0 Å². The maximum absolute atomic E-state index is 14.3. The molecule has 0 aliphatic heterocycles. The van der Waals surface area contributed by atoms with Crippen molar-refractivity contribution in [2.24, 2.45) is 5.92 Å². The Balaban J connectivity index is 1.46. The monoisotopic (exact) mass is 771 g/mol. The number of aryl methyl sites for hydroxylation is 1. The summed E-state index contributed by atoms with van der Waals surface area (Å²) in [5.74, 6) is -4.15. The van der Waals surface area contributed by atoms with E-state index in [1.54, 1.807) is 73.7 Å². The summed E-state index contributed by atoms with van der Waals surface area (Å²) in [4.78, 5) is 64.2. The topological polar surface area (TPSA) is 169 Å². The third-order valence-corrected chi connectivity index (χ3v) is 10.6. The summed E-state index contributed by atoms with van der Waals surface area (Å²) < 4.78 is 30.8. The van der Waals surface area contributed by atoms with Crippen LogP contribution in [0.25, 0.3) is 0 Å². The van der Waals surface area contributed by atoms with E-state index in [2.05, 4.69) is 16.0 Å². The second-order valence-corrected chi connectivity index (χ2v) is 15.1.